The second-order valence-corrected chi connectivity index (χ2v) is 10.3. The average molecular weight is 535 g/mol. The zero-order valence-electron chi connectivity index (χ0n) is 22.3. The van der Waals surface area contributed by atoms with Crippen molar-refractivity contribution in [3.63, 3.8) is 0 Å². The molecule has 2 fully saturated rings. The summed E-state index contributed by atoms with van der Waals surface area (Å²) in [5.41, 5.74) is 2.33. The summed E-state index contributed by atoms with van der Waals surface area (Å²) in [5, 5.41) is 12.8. The standard InChI is InChI=1S/C27H34N8O4/c1-32(2)26(39)21-15-18-16-29-27(31-25(18)35(21)19-5-3-4-6-19)30-22-8-7-20(17-28-22)33-11-13-34(14-12-33)23(36)9-10-24(37)38/h7-8,15-17,19H,3-6,9-14H2,1-2H3,(H,37,38)(H,28,29,30,31). The molecule has 3 aromatic heterocycles. The lowest BCUT2D eigenvalue weighted by Crippen LogP contribution is -2.48. The number of piperazine rings is 1. The van der Waals surface area contributed by atoms with Gasteiger partial charge in [0, 0.05) is 64.3 Å². The van der Waals surface area contributed by atoms with Crippen LogP contribution in [0.1, 0.15) is 55.1 Å². The van der Waals surface area contributed by atoms with Crippen molar-refractivity contribution >= 4 is 46.3 Å². The van der Waals surface area contributed by atoms with Crippen LogP contribution in [0.5, 0.6) is 0 Å². The van der Waals surface area contributed by atoms with Gasteiger partial charge in [-0.25, -0.2) is 9.97 Å². The first-order valence-electron chi connectivity index (χ1n) is 13.4. The number of rotatable bonds is 8. The lowest BCUT2D eigenvalue weighted by Gasteiger charge is -2.36. The number of carboxylic acids is 1. The molecule has 39 heavy (non-hydrogen) atoms. The Hall–Kier alpha value is -4.22. The Kier molecular flexibility index (Phi) is 7.62. The molecule has 1 aliphatic heterocycles. The Labute approximate surface area is 226 Å². The molecule has 5 rings (SSSR count). The maximum atomic E-state index is 12.9. The number of carbonyl (C=O) groups excluding carboxylic acids is 2. The van der Waals surface area contributed by atoms with Gasteiger partial charge in [-0.1, -0.05) is 12.8 Å². The van der Waals surface area contributed by atoms with E-state index in [1.54, 1.807) is 36.3 Å². The Bertz CT molecular complexity index is 1360. The predicted octanol–water partition coefficient (Wildman–Crippen LogP) is 2.90. The van der Waals surface area contributed by atoms with Gasteiger partial charge in [0.05, 0.1) is 18.3 Å². The van der Waals surface area contributed by atoms with Crippen LogP contribution in [0, 0.1) is 0 Å². The monoisotopic (exact) mass is 534 g/mol. The Morgan fingerprint density at radius 1 is 1.03 bits per heavy atom. The summed E-state index contributed by atoms with van der Waals surface area (Å²) >= 11 is 0. The van der Waals surface area contributed by atoms with Crippen molar-refractivity contribution in [2.45, 2.75) is 44.6 Å². The second-order valence-electron chi connectivity index (χ2n) is 10.3. The number of amides is 2. The number of aromatic nitrogens is 4. The van der Waals surface area contributed by atoms with Crippen LogP contribution in [-0.2, 0) is 9.59 Å². The molecule has 0 bridgehead atoms. The van der Waals surface area contributed by atoms with Crippen molar-refractivity contribution in [1.29, 1.82) is 0 Å². The van der Waals surface area contributed by atoms with E-state index in [2.05, 4.69) is 24.8 Å². The number of anilines is 3. The van der Waals surface area contributed by atoms with Crippen LogP contribution in [0.2, 0.25) is 0 Å². The SMILES string of the molecule is CN(C)C(=O)c1cc2cnc(Nc3ccc(N4CCN(C(=O)CCC(=O)O)CC4)cn3)nc2n1C1CCCC1. The average Bonchev–Trinajstić information content (AvgIpc) is 3.59. The molecule has 2 aliphatic rings. The number of nitrogens with zero attached hydrogens (tertiary/aromatic N) is 7. The molecule has 0 atom stereocenters. The maximum absolute atomic E-state index is 12.9. The van der Waals surface area contributed by atoms with E-state index in [1.807, 2.05) is 18.2 Å². The van der Waals surface area contributed by atoms with E-state index in [4.69, 9.17) is 10.1 Å². The molecule has 206 valence electrons. The van der Waals surface area contributed by atoms with Crippen LogP contribution in [0.25, 0.3) is 11.0 Å². The number of aliphatic carboxylic acids is 1. The fraction of sp³-hybridized carbons (Fsp3) is 0.481. The van der Waals surface area contributed by atoms with Crippen LogP contribution in [-0.4, -0.2) is 92.5 Å². The van der Waals surface area contributed by atoms with Crippen molar-refractivity contribution in [2.24, 2.45) is 0 Å². The third kappa shape index (κ3) is 5.79. The normalized spacial score (nSPS) is 16.1. The van der Waals surface area contributed by atoms with Gasteiger partial charge in [-0.05, 0) is 31.0 Å². The van der Waals surface area contributed by atoms with Crippen LogP contribution in [0.4, 0.5) is 17.5 Å². The lowest BCUT2D eigenvalue weighted by molar-refractivity contribution is -0.141. The molecule has 0 unspecified atom stereocenters. The highest BCUT2D eigenvalue weighted by Crippen LogP contribution is 2.35. The van der Waals surface area contributed by atoms with Crippen LogP contribution < -0.4 is 10.2 Å². The smallest absolute Gasteiger partial charge is 0.303 e. The van der Waals surface area contributed by atoms with Gasteiger partial charge >= 0.3 is 5.97 Å². The first-order chi connectivity index (χ1) is 18.8. The minimum Gasteiger partial charge on any atom is -0.481 e. The molecule has 2 amide bonds. The van der Waals surface area contributed by atoms with Crippen molar-refractivity contribution in [3.05, 3.63) is 36.3 Å². The number of nitrogens with one attached hydrogen (secondary N) is 1. The zero-order chi connectivity index (χ0) is 27.5. The highest BCUT2D eigenvalue weighted by Gasteiger charge is 2.27. The molecule has 4 heterocycles. The van der Waals surface area contributed by atoms with Gasteiger partial charge in [-0.3, -0.25) is 14.4 Å². The quantitative estimate of drug-likeness (QED) is 0.447. The minimum atomic E-state index is -0.959. The molecule has 1 aliphatic carbocycles. The molecule has 12 heteroatoms. The Morgan fingerprint density at radius 2 is 1.77 bits per heavy atom. The summed E-state index contributed by atoms with van der Waals surface area (Å²) < 4.78 is 2.08. The molecule has 1 saturated carbocycles. The predicted molar refractivity (Wildman–Crippen MR) is 146 cm³/mol. The highest BCUT2D eigenvalue weighted by atomic mass is 16.4. The highest BCUT2D eigenvalue weighted by molar-refractivity contribution is 5.98. The van der Waals surface area contributed by atoms with Crippen molar-refractivity contribution < 1.29 is 19.5 Å². The zero-order valence-corrected chi connectivity index (χ0v) is 22.3. The summed E-state index contributed by atoms with van der Waals surface area (Å²) in [7, 11) is 3.52. The van der Waals surface area contributed by atoms with Gasteiger partial charge in [0.15, 0.2) is 0 Å². The van der Waals surface area contributed by atoms with Gasteiger partial charge in [-0.15, -0.1) is 0 Å². The van der Waals surface area contributed by atoms with Crippen LogP contribution >= 0.6 is 0 Å². The molecule has 0 spiro atoms. The van der Waals surface area contributed by atoms with E-state index in [-0.39, 0.29) is 30.7 Å². The fourth-order valence-electron chi connectivity index (χ4n) is 5.34. The first-order valence-corrected chi connectivity index (χ1v) is 13.4. The topological polar surface area (TPSA) is 137 Å². The van der Waals surface area contributed by atoms with Crippen LogP contribution in [0.15, 0.2) is 30.6 Å². The first kappa shape index (κ1) is 26.4. The van der Waals surface area contributed by atoms with Gasteiger partial charge in [0.2, 0.25) is 11.9 Å². The molecule has 3 aromatic rings. The molecule has 0 radical (unpaired) electrons. The molecular formula is C27H34N8O4. The molecule has 12 nitrogen and oxygen atoms in total. The molecule has 1 saturated heterocycles. The summed E-state index contributed by atoms with van der Waals surface area (Å²) in [5.74, 6) is -0.110. The Morgan fingerprint density at radius 3 is 2.41 bits per heavy atom. The number of fused-ring (bicyclic) bond motifs is 1. The number of hydrogen-bond donors (Lipinski definition) is 2. The fourth-order valence-corrected chi connectivity index (χ4v) is 5.34. The summed E-state index contributed by atoms with van der Waals surface area (Å²) in [6.45, 7) is 2.40. The number of carbonyl (C=O) groups is 3. The second kappa shape index (κ2) is 11.3. The maximum Gasteiger partial charge on any atom is 0.303 e. The van der Waals surface area contributed by atoms with Gasteiger partial charge in [-0.2, -0.15) is 4.98 Å². The molecule has 2 N–H and O–H groups in total. The summed E-state index contributed by atoms with van der Waals surface area (Å²) in [6.07, 6.45) is 7.74. The number of hydrogen-bond acceptors (Lipinski definition) is 8. The Balaban J connectivity index is 1.27. The van der Waals surface area contributed by atoms with E-state index >= 15 is 0 Å². The summed E-state index contributed by atoms with van der Waals surface area (Å²) in [4.78, 5) is 55.1. The van der Waals surface area contributed by atoms with Crippen molar-refractivity contribution in [2.75, 3.05) is 50.5 Å². The van der Waals surface area contributed by atoms with E-state index < -0.39 is 5.97 Å². The largest absolute Gasteiger partial charge is 0.481 e. The van der Waals surface area contributed by atoms with Gasteiger partial charge in [0.25, 0.3) is 5.91 Å². The van der Waals surface area contributed by atoms with Crippen LogP contribution in [0.3, 0.4) is 0 Å². The lowest BCUT2D eigenvalue weighted by atomic mass is 10.2. The van der Waals surface area contributed by atoms with Gasteiger partial charge < -0.3 is 29.7 Å². The van der Waals surface area contributed by atoms with Gasteiger partial charge in [0.1, 0.15) is 17.2 Å². The third-order valence-electron chi connectivity index (χ3n) is 7.43. The molecule has 0 aromatic carbocycles. The summed E-state index contributed by atoms with van der Waals surface area (Å²) in [6, 6.07) is 5.95. The van der Waals surface area contributed by atoms with E-state index in [0.29, 0.717) is 43.6 Å². The van der Waals surface area contributed by atoms with Crippen molar-refractivity contribution in [3.8, 4) is 0 Å². The number of carboxylic acid groups (broad SMARTS) is 1. The third-order valence-corrected chi connectivity index (χ3v) is 7.43. The van der Waals surface area contributed by atoms with Crippen molar-refractivity contribution in [1.82, 2.24) is 29.3 Å². The minimum absolute atomic E-state index is 0.0315. The van der Waals surface area contributed by atoms with E-state index in [1.165, 1.54) is 0 Å². The van der Waals surface area contributed by atoms with E-state index in [0.717, 1.165) is 42.4 Å². The number of pyridine rings is 1. The molecular weight excluding hydrogens is 500 g/mol. The van der Waals surface area contributed by atoms with E-state index in [9.17, 15) is 14.4 Å².